The molecule has 20 heavy (non-hydrogen) atoms. The molecule has 108 valence electrons. The van der Waals surface area contributed by atoms with Crippen molar-refractivity contribution in [2.24, 2.45) is 0 Å². The van der Waals surface area contributed by atoms with Gasteiger partial charge in [0.15, 0.2) is 5.78 Å². The molecule has 0 radical (unpaired) electrons. The third-order valence-electron chi connectivity index (χ3n) is 2.59. The van der Waals surface area contributed by atoms with Crippen LogP contribution in [0.15, 0.2) is 12.1 Å². The predicted molar refractivity (Wildman–Crippen MR) is 70.5 cm³/mol. The molecular formula is C14H16O6. The Morgan fingerprint density at radius 1 is 1.10 bits per heavy atom. The van der Waals surface area contributed by atoms with Crippen molar-refractivity contribution in [2.75, 3.05) is 14.2 Å². The number of methoxy groups -OCH3 is 2. The third-order valence-corrected chi connectivity index (χ3v) is 2.59. The Hall–Kier alpha value is -2.37. The van der Waals surface area contributed by atoms with Crippen LogP contribution < -0.4 is 9.47 Å². The van der Waals surface area contributed by atoms with E-state index in [1.54, 1.807) is 0 Å². The van der Waals surface area contributed by atoms with Gasteiger partial charge in [-0.3, -0.25) is 14.4 Å². The third kappa shape index (κ3) is 3.81. The van der Waals surface area contributed by atoms with Crippen LogP contribution in [0.25, 0.3) is 0 Å². The Labute approximate surface area is 116 Å². The Morgan fingerprint density at radius 3 is 2.25 bits per heavy atom. The first kappa shape index (κ1) is 15.7. The minimum Gasteiger partial charge on any atom is -0.507 e. The molecule has 0 bridgehead atoms. The molecule has 1 aromatic rings. The molecule has 0 spiro atoms. The number of carbonyl (C=O) groups excluding carboxylic acids is 3. The highest BCUT2D eigenvalue weighted by molar-refractivity contribution is 6.14. The van der Waals surface area contributed by atoms with E-state index in [0.29, 0.717) is 5.75 Å². The average molecular weight is 280 g/mol. The standard InChI is InChI=1S/C14H16O6/c1-8(15)4-9(16)5-11(17)14-12(18)6-10(19-2)7-13(14)20-3/h6-7,18H,4-5H2,1-3H3. The van der Waals surface area contributed by atoms with Gasteiger partial charge in [-0.25, -0.2) is 0 Å². The molecule has 1 rings (SSSR count). The molecule has 0 aliphatic carbocycles. The molecule has 0 heterocycles. The van der Waals surface area contributed by atoms with Gasteiger partial charge in [-0.05, 0) is 6.92 Å². The molecule has 1 aromatic carbocycles. The van der Waals surface area contributed by atoms with Crippen LogP contribution in [0.4, 0.5) is 0 Å². The molecule has 0 saturated heterocycles. The lowest BCUT2D eigenvalue weighted by Gasteiger charge is -2.11. The number of ether oxygens (including phenoxy) is 2. The van der Waals surface area contributed by atoms with Crippen LogP contribution in [-0.2, 0) is 9.59 Å². The lowest BCUT2D eigenvalue weighted by Crippen LogP contribution is -2.12. The monoisotopic (exact) mass is 280 g/mol. The second-order valence-corrected chi connectivity index (χ2v) is 4.24. The highest BCUT2D eigenvalue weighted by atomic mass is 16.5. The number of Topliss-reactive ketones (excluding diaryl/α,β-unsaturated/α-hetero) is 3. The zero-order valence-electron chi connectivity index (χ0n) is 11.6. The summed E-state index contributed by atoms with van der Waals surface area (Å²) in [7, 11) is 2.74. The summed E-state index contributed by atoms with van der Waals surface area (Å²) >= 11 is 0. The van der Waals surface area contributed by atoms with Crippen molar-refractivity contribution in [3.63, 3.8) is 0 Å². The van der Waals surface area contributed by atoms with Crippen LogP contribution in [0.5, 0.6) is 17.2 Å². The molecule has 0 amide bonds. The van der Waals surface area contributed by atoms with E-state index >= 15 is 0 Å². The molecule has 6 nitrogen and oxygen atoms in total. The van der Waals surface area contributed by atoms with E-state index in [0.717, 1.165) is 0 Å². The first-order valence-electron chi connectivity index (χ1n) is 5.88. The van der Waals surface area contributed by atoms with E-state index in [1.807, 2.05) is 0 Å². The van der Waals surface area contributed by atoms with Gasteiger partial charge in [-0.2, -0.15) is 0 Å². The largest absolute Gasteiger partial charge is 0.507 e. The molecule has 0 aliphatic heterocycles. The van der Waals surface area contributed by atoms with Crippen molar-refractivity contribution in [3.05, 3.63) is 17.7 Å². The second-order valence-electron chi connectivity index (χ2n) is 4.24. The molecule has 0 fully saturated rings. The van der Waals surface area contributed by atoms with Crippen molar-refractivity contribution in [1.82, 2.24) is 0 Å². The minimum atomic E-state index is -0.603. The van der Waals surface area contributed by atoms with Gasteiger partial charge in [0.25, 0.3) is 0 Å². The van der Waals surface area contributed by atoms with E-state index in [2.05, 4.69) is 0 Å². The van der Waals surface area contributed by atoms with Crippen molar-refractivity contribution in [2.45, 2.75) is 19.8 Å². The van der Waals surface area contributed by atoms with Crippen molar-refractivity contribution < 1.29 is 29.0 Å². The number of hydrogen-bond donors (Lipinski definition) is 1. The lowest BCUT2D eigenvalue weighted by atomic mass is 10.0. The molecule has 0 atom stereocenters. The number of phenols is 1. The molecule has 6 heteroatoms. The number of aromatic hydroxyl groups is 1. The molecule has 0 aliphatic rings. The van der Waals surface area contributed by atoms with Crippen molar-refractivity contribution in [3.8, 4) is 17.2 Å². The fraction of sp³-hybridized carbons (Fsp3) is 0.357. The Morgan fingerprint density at radius 2 is 1.75 bits per heavy atom. The number of rotatable bonds is 7. The topological polar surface area (TPSA) is 89.9 Å². The highest BCUT2D eigenvalue weighted by Gasteiger charge is 2.21. The summed E-state index contributed by atoms with van der Waals surface area (Å²) in [5.41, 5.74) is -0.0924. The average Bonchev–Trinajstić information content (AvgIpc) is 2.35. The number of benzene rings is 1. The summed E-state index contributed by atoms with van der Waals surface area (Å²) in [4.78, 5) is 34.3. The van der Waals surface area contributed by atoms with E-state index in [9.17, 15) is 19.5 Å². The smallest absolute Gasteiger partial charge is 0.177 e. The second kappa shape index (κ2) is 6.70. The Kier molecular flexibility index (Phi) is 5.25. The van der Waals surface area contributed by atoms with Crippen LogP contribution in [0.1, 0.15) is 30.1 Å². The summed E-state index contributed by atoms with van der Waals surface area (Å²) in [6.45, 7) is 1.27. The molecule has 0 unspecified atom stereocenters. The molecule has 1 N–H and O–H groups in total. The summed E-state index contributed by atoms with van der Waals surface area (Å²) in [5, 5.41) is 9.84. The first-order valence-corrected chi connectivity index (χ1v) is 5.88. The SMILES string of the molecule is COc1cc(O)c(C(=O)CC(=O)CC(C)=O)c(OC)c1. The molecular weight excluding hydrogens is 264 g/mol. The van der Waals surface area contributed by atoms with Crippen LogP contribution in [0, 0.1) is 0 Å². The molecule has 0 saturated carbocycles. The molecule has 0 aromatic heterocycles. The van der Waals surface area contributed by atoms with Crippen LogP contribution in [-0.4, -0.2) is 36.7 Å². The normalized spacial score (nSPS) is 9.95. The fourth-order valence-corrected chi connectivity index (χ4v) is 1.74. The summed E-state index contributed by atoms with van der Waals surface area (Å²) in [6.07, 6.45) is -0.763. The van der Waals surface area contributed by atoms with Gasteiger partial charge < -0.3 is 14.6 Å². The summed E-state index contributed by atoms with van der Waals surface area (Å²) in [6, 6.07) is 2.69. The van der Waals surface area contributed by atoms with Gasteiger partial charge in [0.05, 0.1) is 27.1 Å². The van der Waals surface area contributed by atoms with Gasteiger partial charge >= 0.3 is 0 Å². The van der Waals surface area contributed by atoms with Gasteiger partial charge in [-0.15, -0.1) is 0 Å². The maximum absolute atomic E-state index is 12.0. The van der Waals surface area contributed by atoms with E-state index in [1.165, 1.54) is 33.3 Å². The predicted octanol–water partition coefficient (Wildman–Crippen LogP) is 1.53. The van der Waals surface area contributed by atoms with Crippen molar-refractivity contribution in [1.29, 1.82) is 0 Å². The highest BCUT2D eigenvalue weighted by Crippen LogP contribution is 2.34. The number of ketones is 3. The van der Waals surface area contributed by atoms with E-state index < -0.39 is 18.0 Å². The maximum Gasteiger partial charge on any atom is 0.177 e. The summed E-state index contributed by atoms with van der Waals surface area (Å²) in [5.74, 6) is -1.31. The van der Waals surface area contributed by atoms with Gasteiger partial charge in [0.1, 0.15) is 34.4 Å². The van der Waals surface area contributed by atoms with Crippen LogP contribution in [0.2, 0.25) is 0 Å². The van der Waals surface area contributed by atoms with Gasteiger partial charge in [-0.1, -0.05) is 0 Å². The van der Waals surface area contributed by atoms with Gasteiger partial charge in [0, 0.05) is 12.1 Å². The van der Waals surface area contributed by atoms with Crippen LogP contribution in [0.3, 0.4) is 0 Å². The number of carbonyl (C=O) groups is 3. The first-order chi connectivity index (χ1) is 9.38. The number of phenolic OH excluding ortho intramolecular Hbond substituents is 1. The Bertz CT molecular complexity index is 547. The van der Waals surface area contributed by atoms with Crippen molar-refractivity contribution >= 4 is 17.3 Å². The zero-order chi connectivity index (χ0) is 15.3. The summed E-state index contributed by atoms with van der Waals surface area (Å²) < 4.78 is 9.96. The quantitative estimate of drug-likeness (QED) is 0.601. The Balaban J connectivity index is 3.03. The maximum atomic E-state index is 12.0. The number of hydrogen-bond acceptors (Lipinski definition) is 6. The van der Waals surface area contributed by atoms with E-state index in [-0.39, 0.29) is 29.3 Å². The fourth-order valence-electron chi connectivity index (χ4n) is 1.74. The van der Waals surface area contributed by atoms with E-state index in [4.69, 9.17) is 9.47 Å². The van der Waals surface area contributed by atoms with Gasteiger partial charge in [0.2, 0.25) is 0 Å². The zero-order valence-corrected chi connectivity index (χ0v) is 11.6. The minimum absolute atomic E-state index is 0.0924. The lowest BCUT2D eigenvalue weighted by molar-refractivity contribution is -0.125. The van der Waals surface area contributed by atoms with Crippen LogP contribution >= 0.6 is 0 Å².